The molecule has 0 bridgehead atoms. The van der Waals surface area contributed by atoms with E-state index in [1.807, 2.05) is 10.3 Å². The van der Waals surface area contributed by atoms with Crippen LogP contribution in [0.2, 0.25) is 0 Å². The smallest absolute Gasteiger partial charge is 0.273 e. The zero-order chi connectivity index (χ0) is 10.8. The number of hydrogen-bond acceptors (Lipinski definition) is 6. The highest BCUT2D eigenvalue weighted by atomic mass is 32.2. The first-order valence-electron chi connectivity index (χ1n) is 3.46. The zero-order valence-electron chi connectivity index (χ0n) is 7.44. The van der Waals surface area contributed by atoms with Gasteiger partial charge < -0.3 is 0 Å². The van der Waals surface area contributed by atoms with Crippen molar-refractivity contribution >= 4 is 27.5 Å². The van der Waals surface area contributed by atoms with Gasteiger partial charge >= 0.3 is 0 Å². The lowest BCUT2D eigenvalue weighted by atomic mass is 10.4. The lowest BCUT2D eigenvalue weighted by molar-refractivity contribution is 0.0948. The Labute approximate surface area is 84.7 Å². The van der Waals surface area contributed by atoms with Crippen molar-refractivity contribution in [2.45, 2.75) is 6.92 Å². The van der Waals surface area contributed by atoms with E-state index in [9.17, 15) is 13.2 Å². The first-order valence-corrected chi connectivity index (χ1v) is 6.12. The molecule has 9 heteroatoms. The van der Waals surface area contributed by atoms with Gasteiger partial charge in [-0.2, -0.15) is 0 Å². The number of aromatic nitrogens is 2. The number of aryl methyl sites for hydroxylation is 1. The van der Waals surface area contributed by atoms with Gasteiger partial charge in [0, 0.05) is 0 Å². The summed E-state index contributed by atoms with van der Waals surface area (Å²) < 4.78 is 24.8. The second-order valence-electron chi connectivity index (χ2n) is 2.52. The van der Waals surface area contributed by atoms with E-state index in [0.717, 1.165) is 17.8 Å². The molecule has 14 heavy (non-hydrogen) atoms. The number of hydrogen-bond donors (Lipinski definition) is 2. The highest BCUT2D eigenvalue weighted by molar-refractivity contribution is 7.88. The molecule has 0 spiro atoms. The van der Waals surface area contributed by atoms with Gasteiger partial charge in [-0.3, -0.25) is 10.2 Å². The van der Waals surface area contributed by atoms with E-state index in [1.54, 1.807) is 6.92 Å². The minimum atomic E-state index is -3.44. The second kappa shape index (κ2) is 3.98. The molecule has 0 aliphatic rings. The molecular weight excluding hydrogens is 228 g/mol. The van der Waals surface area contributed by atoms with Crippen molar-refractivity contribution < 1.29 is 13.2 Å². The molecule has 78 valence electrons. The Bertz CT molecular complexity index is 438. The molecule has 0 aliphatic carbocycles. The summed E-state index contributed by atoms with van der Waals surface area (Å²) >= 11 is 0.900. The third-order valence-corrected chi connectivity index (χ3v) is 2.51. The predicted octanol–water partition coefficient (Wildman–Crippen LogP) is -0.959. The van der Waals surface area contributed by atoms with Crippen LogP contribution >= 0.6 is 11.5 Å². The fourth-order valence-electron chi connectivity index (χ4n) is 0.636. The summed E-state index contributed by atoms with van der Waals surface area (Å²) in [6.45, 7) is 1.61. The Kier molecular flexibility index (Phi) is 3.13. The molecule has 0 fully saturated rings. The minimum absolute atomic E-state index is 0.279. The molecule has 2 N–H and O–H groups in total. The number of amides is 1. The molecule has 1 aromatic rings. The summed E-state index contributed by atoms with van der Waals surface area (Å²) in [5.41, 5.74) is 2.48. The van der Waals surface area contributed by atoms with Crippen molar-refractivity contribution in [3.8, 4) is 0 Å². The molecular formula is C5H8N4O3S2. The molecule has 0 saturated heterocycles. The van der Waals surface area contributed by atoms with Gasteiger partial charge in [0.15, 0.2) is 0 Å². The number of sulfonamides is 1. The number of carbonyl (C=O) groups excluding carboxylic acids is 1. The average Bonchev–Trinajstić information content (AvgIpc) is 2.46. The van der Waals surface area contributed by atoms with E-state index >= 15 is 0 Å². The lowest BCUT2D eigenvalue weighted by Gasteiger charge is -2.02. The van der Waals surface area contributed by atoms with Gasteiger partial charge in [-0.05, 0) is 18.5 Å². The molecule has 7 nitrogen and oxygen atoms in total. The molecule has 0 saturated carbocycles. The predicted molar refractivity (Wildman–Crippen MR) is 50.1 cm³/mol. The number of rotatable bonds is 3. The summed E-state index contributed by atoms with van der Waals surface area (Å²) in [7, 11) is -3.44. The van der Waals surface area contributed by atoms with Crippen LogP contribution in [0, 0.1) is 6.92 Å². The largest absolute Gasteiger partial charge is 0.279 e. The summed E-state index contributed by atoms with van der Waals surface area (Å²) in [6.07, 6.45) is 0.936. The monoisotopic (exact) mass is 236 g/mol. The molecule has 0 aromatic carbocycles. The van der Waals surface area contributed by atoms with Gasteiger partial charge in [0.2, 0.25) is 10.0 Å². The van der Waals surface area contributed by atoms with Gasteiger partial charge in [0.05, 0.1) is 11.9 Å². The molecule has 1 rings (SSSR count). The van der Waals surface area contributed by atoms with E-state index in [-0.39, 0.29) is 4.88 Å². The minimum Gasteiger partial charge on any atom is -0.273 e. The number of nitrogens with one attached hydrogen (secondary N) is 2. The third kappa shape index (κ3) is 3.01. The van der Waals surface area contributed by atoms with Crippen molar-refractivity contribution in [2.24, 2.45) is 0 Å². The Morgan fingerprint density at radius 3 is 2.57 bits per heavy atom. The van der Waals surface area contributed by atoms with Crippen LogP contribution < -0.4 is 10.3 Å². The Balaban J connectivity index is 2.65. The molecule has 1 aromatic heterocycles. The van der Waals surface area contributed by atoms with Crippen molar-refractivity contribution in [3.63, 3.8) is 0 Å². The number of hydrazine groups is 1. The van der Waals surface area contributed by atoms with Crippen molar-refractivity contribution in [2.75, 3.05) is 6.26 Å². The quantitative estimate of drug-likeness (QED) is 0.658. The van der Waals surface area contributed by atoms with Crippen molar-refractivity contribution in [3.05, 3.63) is 10.6 Å². The fraction of sp³-hybridized carbons (Fsp3) is 0.400. The van der Waals surface area contributed by atoms with Crippen LogP contribution in [0.15, 0.2) is 0 Å². The van der Waals surface area contributed by atoms with Gasteiger partial charge in [-0.25, -0.2) is 8.42 Å². The van der Waals surface area contributed by atoms with Crippen LogP contribution in [0.3, 0.4) is 0 Å². The maximum absolute atomic E-state index is 11.3. The van der Waals surface area contributed by atoms with Crippen molar-refractivity contribution in [1.29, 1.82) is 0 Å². The molecule has 1 amide bonds. The normalized spacial score (nSPS) is 11.3. The van der Waals surface area contributed by atoms with Gasteiger partial charge in [-0.15, -0.1) is 9.93 Å². The standard InChI is InChI=1S/C5H8N4O3S2/c1-3-4(13-8-6-3)5(10)7-9-14(2,11)12/h9H,1-2H3,(H,7,10). The maximum Gasteiger partial charge on any atom is 0.279 e. The van der Waals surface area contributed by atoms with Crippen LogP contribution in [0.5, 0.6) is 0 Å². The topological polar surface area (TPSA) is 101 Å². The number of carbonyl (C=O) groups is 1. The maximum atomic E-state index is 11.3. The summed E-state index contributed by atoms with van der Waals surface area (Å²) in [5, 5.41) is 3.61. The van der Waals surface area contributed by atoms with Gasteiger partial charge in [0.25, 0.3) is 5.91 Å². The molecule has 1 heterocycles. The van der Waals surface area contributed by atoms with Crippen LogP contribution in [-0.4, -0.2) is 30.2 Å². The molecule has 0 unspecified atom stereocenters. The Morgan fingerprint density at radius 2 is 2.14 bits per heavy atom. The highest BCUT2D eigenvalue weighted by Crippen LogP contribution is 2.07. The van der Waals surface area contributed by atoms with Gasteiger partial charge in [0.1, 0.15) is 4.88 Å². The first-order chi connectivity index (χ1) is 6.40. The van der Waals surface area contributed by atoms with E-state index in [0.29, 0.717) is 5.69 Å². The van der Waals surface area contributed by atoms with Crippen molar-refractivity contribution in [1.82, 2.24) is 19.8 Å². The highest BCUT2D eigenvalue weighted by Gasteiger charge is 2.13. The molecule has 0 radical (unpaired) electrons. The Hall–Kier alpha value is -1.06. The SMILES string of the molecule is Cc1nnsc1C(=O)NNS(C)(=O)=O. The van der Waals surface area contributed by atoms with Crippen LogP contribution in [-0.2, 0) is 10.0 Å². The Morgan fingerprint density at radius 1 is 1.50 bits per heavy atom. The third-order valence-electron chi connectivity index (χ3n) is 1.21. The van der Waals surface area contributed by atoms with E-state index in [4.69, 9.17) is 0 Å². The fourth-order valence-corrected chi connectivity index (χ4v) is 1.47. The average molecular weight is 236 g/mol. The van der Waals surface area contributed by atoms with Crippen LogP contribution in [0.25, 0.3) is 0 Å². The van der Waals surface area contributed by atoms with E-state index in [1.165, 1.54) is 0 Å². The van der Waals surface area contributed by atoms with Crippen LogP contribution in [0.1, 0.15) is 15.4 Å². The van der Waals surface area contributed by atoms with Gasteiger partial charge in [-0.1, -0.05) is 4.49 Å². The van der Waals surface area contributed by atoms with E-state index in [2.05, 4.69) is 9.59 Å². The summed E-state index contributed by atoms with van der Waals surface area (Å²) in [4.78, 5) is 13.4. The first kappa shape index (κ1) is 11.0. The lowest BCUT2D eigenvalue weighted by Crippen LogP contribution is -2.40. The summed E-state index contributed by atoms with van der Waals surface area (Å²) in [6, 6.07) is 0. The zero-order valence-corrected chi connectivity index (χ0v) is 9.07. The summed E-state index contributed by atoms with van der Waals surface area (Å²) in [5.74, 6) is -0.567. The molecule has 0 aliphatic heterocycles. The second-order valence-corrected chi connectivity index (χ2v) is 5.02. The number of nitrogens with zero attached hydrogens (tertiary/aromatic N) is 2. The van der Waals surface area contributed by atoms with E-state index < -0.39 is 15.9 Å². The molecule has 0 atom stereocenters. The van der Waals surface area contributed by atoms with Crippen LogP contribution in [0.4, 0.5) is 0 Å².